The van der Waals surface area contributed by atoms with Crippen LogP contribution in [0.3, 0.4) is 0 Å². The van der Waals surface area contributed by atoms with E-state index in [9.17, 15) is 22.4 Å². The van der Waals surface area contributed by atoms with Gasteiger partial charge in [-0.25, -0.2) is 4.39 Å². The number of hydrogen-bond acceptors (Lipinski definition) is 1. The van der Waals surface area contributed by atoms with Crippen molar-refractivity contribution in [1.29, 1.82) is 0 Å². The van der Waals surface area contributed by atoms with Crippen LogP contribution in [0.1, 0.15) is 63.1 Å². The molecule has 2 atom stereocenters. The van der Waals surface area contributed by atoms with Crippen LogP contribution in [0.2, 0.25) is 0 Å². The first-order valence-electron chi connectivity index (χ1n) is 10.6. The maximum atomic E-state index is 14.3. The molecule has 31 heavy (non-hydrogen) atoms. The van der Waals surface area contributed by atoms with Crippen molar-refractivity contribution in [3.63, 3.8) is 0 Å². The fourth-order valence-corrected chi connectivity index (χ4v) is 3.71. The van der Waals surface area contributed by atoms with Gasteiger partial charge in [0.25, 0.3) is 0 Å². The van der Waals surface area contributed by atoms with Gasteiger partial charge in [-0.05, 0) is 59.4 Å². The van der Waals surface area contributed by atoms with Crippen LogP contribution >= 0.6 is 0 Å². The van der Waals surface area contributed by atoms with E-state index in [1.807, 2.05) is 20.8 Å². The van der Waals surface area contributed by atoms with E-state index in [4.69, 9.17) is 0 Å². The Hall–Kier alpha value is -2.37. The highest BCUT2D eigenvalue weighted by Gasteiger charge is 2.45. The third-order valence-electron chi connectivity index (χ3n) is 5.94. The van der Waals surface area contributed by atoms with Gasteiger partial charge in [0.1, 0.15) is 5.82 Å². The predicted octanol–water partition coefficient (Wildman–Crippen LogP) is 7.00. The monoisotopic (exact) mass is 435 g/mol. The molecule has 168 valence electrons. The summed E-state index contributed by atoms with van der Waals surface area (Å²) in [5, 5.41) is 2.43. The quantitative estimate of drug-likeness (QED) is 0.487. The maximum Gasteiger partial charge on any atom is 0.392 e. The van der Waals surface area contributed by atoms with Gasteiger partial charge in [-0.1, -0.05) is 58.0 Å². The number of hydrogen-bond donors (Lipinski definition) is 1. The summed E-state index contributed by atoms with van der Waals surface area (Å²) >= 11 is 0. The normalized spacial score (nSPS) is 16.6. The molecule has 2 aromatic rings. The Morgan fingerprint density at radius 3 is 2.19 bits per heavy atom. The highest BCUT2D eigenvalue weighted by atomic mass is 19.4. The van der Waals surface area contributed by atoms with Crippen LogP contribution in [0.5, 0.6) is 0 Å². The number of anilines is 1. The standard InChI is InChI=1S/C25H29F4NO/c1-15(25(27,28)29)22(18-8-10-19(11-9-18)24(2,3)4)23(31)30-21-14-17(7-12-20(21)26)13-16-5-6-16/h7-12,14-16,22H,5-6,13H2,1-4H3,(H,30,31)/t15-,22+/m1/s1. The van der Waals surface area contributed by atoms with E-state index in [1.165, 1.54) is 12.1 Å². The van der Waals surface area contributed by atoms with E-state index in [2.05, 4.69) is 5.32 Å². The molecule has 1 aliphatic carbocycles. The SMILES string of the molecule is C[C@H]([C@H](C(=O)Nc1cc(CC2CC2)ccc1F)c1ccc(C(C)(C)C)cc1)C(F)(F)F. The van der Waals surface area contributed by atoms with E-state index in [0.29, 0.717) is 5.92 Å². The second-order valence-electron chi connectivity index (χ2n) is 9.63. The van der Waals surface area contributed by atoms with Crippen molar-refractivity contribution in [2.75, 3.05) is 5.32 Å². The Labute approximate surface area is 181 Å². The van der Waals surface area contributed by atoms with Crippen molar-refractivity contribution in [1.82, 2.24) is 0 Å². The molecule has 1 saturated carbocycles. The Kier molecular flexibility index (Phi) is 6.49. The van der Waals surface area contributed by atoms with Gasteiger partial charge in [-0.15, -0.1) is 0 Å². The summed E-state index contributed by atoms with van der Waals surface area (Å²) in [6.45, 7) is 6.99. The van der Waals surface area contributed by atoms with Crippen LogP contribution < -0.4 is 5.32 Å². The highest BCUT2D eigenvalue weighted by Crippen LogP contribution is 2.39. The lowest BCUT2D eigenvalue weighted by Crippen LogP contribution is -2.34. The lowest BCUT2D eigenvalue weighted by Gasteiger charge is -2.27. The predicted molar refractivity (Wildman–Crippen MR) is 115 cm³/mol. The van der Waals surface area contributed by atoms with Gasteiger partial charge >= 0.3 is 6.18 Å². The maximum absolute atomic E-state index is 14.3. The Bertz CT molecular complexity index is 924. The summed E-state index contributed by atoms with van der Waals surface area (Å²) in [4.78, 5) is 13.0. The van der Waals surface area contributed by atoms with Gasteiger partial charge in [-0.2, -0.15) is 13.2 Å². The molecule has 0 saturated heterocycles. The molecule has 6 heteroatoms. The molecule has 0 spiro atoms. The van der Waals surface area contributed by atoms with E-state index >= 15 is 0 Å². The second kappa shape index (κ2) is 8.64. The average Bonchev–Trinajstić information content (AvgIpc) is 3.47. The number of halogens is 4. The van der Waals surface area contributed by atoms with Gasteiger partial charge in [0.05, 0.1) is 17.5 Å². The summed E-state index contributed by atoms with van der Waals surface area (Å²) in [7, 11) is 0. The molecule has 2 aromatic carbocycles. The number of amides is 1. The molecule has 3 rings (SSSR count). The Balaban J connectivity index is 1.90. The zero-order chi connectivity index (χ0) is 23.0. The summed E-state index contributed by atoms with van der Waals surface area (Å²) < 4.78 is 55.1. The Morgan fingerprint density at radius 2 is 1.68 bits per heavy atom. The summed E-state index contributed by atoms with van der Waals surface area (Å²) in [5.74, 6) is -4.37. The smallest absolute Gasteiger partial charge is 0.323 e. The first kappa shape index (κ1) is 23.3. The number of carbonyl (C=O) groups is 1. The highest BCUT2D eigenvalue weighted by molar-refractivity contribution is 5.96. The number of alkyl halides is 3. The number of nitrogens with one attached hydrogen (secondary N) is 1. The van der Waals surface area contributed by atoms with Crippen molar-refractivity contribution in [3.8, 4) is 0 Å². The molecule has 0 aliphatic heterocycles. The average molecular weight is 436 g/mol. The van der Waals surface area contributed by atoms with Crippen molar-refractivity contribution in [3.05, 3.63) is 65.0 Å². The van der Waals surface area contributed by atoms with Crippen molar-refractivity contribution < 1.29 is 22.4 Å². The molecule has 0 aromatic heterocycles. The second-order valence-corrected chi connectivity index (χ2v) is 9.63. The Morgan fingerprint density at radius 1 is 1.06 bits per heavy atom. The van der Waals surface area contributed by atoms with Gasteiger partial charge in [0.2, 0.25) is 5.91 Å². The third kappa shape index (κ3) is 5.86. The minimum absolute atomic E-state index is 0.0752. The van der Waals surface area contributed by atoms with Crippen LogP contribution in [-0.4, -0.2) is 12.1 Å². The number of carbonyl (C=O) groups excluding carboxylic acids is 1. The molecule has 1 fully saturated rings. The summed E-state index contributed by atoms with van der Waals surface area (Å²) in [6, 6.07) is 11.1. The van der Waals surface area contributed by atoms with Crippen LogP contribution in [0, 0.1) is 17.7 Å². The summed E-state index contributed by atoms with van der Waals surface area (Å²) in [6.07, 6.45) is -1.56. The van der Waals surface area contributed by atoms with Crippen LogP contribution in [-0.2, 0) is 16.6 Å². The molecule has 0 bridgehead atoms. The fourth-order valence-electron chi connectivity index (χ4n) is 3.71. The minimum atomic E-state index is -4.57. The zero-order valence-electron chi connectivity index (χ0n) is 18.3. The molecule has 0 unspecified atom stereocenters. The molecule has 1 amide bonds. The molecule has 1 aliphatic rings. The van der Waals surface area contributed by atoms with E-state index in [1.54, 1.807) is 30.3 Å². The molecule has 0 heterocycles. The van der Waals surface area contributed by atoms with Gasteiger partial charge in [-0.3, -0.25) is 4.79 Å². The van der Waals surface area contributed by atoms with Gasteiger partial charge in [0, 0.05) is 0 Å². The van der Waals surface area contributed by atoms with Crippen LogP contribution in [0.15, 0.2) is 42.5 Å². The van der Waals surface area contributed by atoms with Crippen molar-refractivity contribution >= 4 is 11.6 Å². The third-order valence-corrected chi connectivity index (χ3v) is 5.94. The molecule has 2 nitrogen and oxygen atoms in total. The topological polar surface area (TPSA) is 29.1 Å². The molecular weight excluding hydrogens is 406 g/mol. The molecule has 0 radical (unpaired) electrons. The van der Waals surface area contributed by atoms with E-state index < -0.39 is 29.7 Å². The number of benzene rings is 2. The number of rotatable bonds is 6. The van der Waals surface area contributed by atoms with Crippen LogP contribution in [0.25, 0.3) is 0 Å². The summed E-state index contributed by atoms with van der Waals surface area (Å²) in [5.41, 5.74) is 1.83. The lowest BCUT2D eigenvalue weighted by molar-refractivity contribution is -0.178. The molecular formula is C25H29F4NO. The minimum Gasteiger partial charge on any atom is -0.323 e. The van der Waals surface area contributed by atoms with Gasteiger partial charge < -0.3 is 5.32 Å². The lowest BCUT2D eigenvalue weighted by atomic mass is 9.82. The van der Waals surface area contributed by atoms with Gasteiger partial charge in [0.15, 0.2) is 0 Å². The zero-order valence-corrected chi connectivity index (χ0v) is 18.3. The van der Waals surface area contributed by atoms with E-state index in [0.717, 1.165) is 37.3 Å². The van der Waals surface area contributed by atoms with E-state index in [-0.39, 0.29) is 16.7 Å². The first-order chi connectivity index (χ1) is 14.4. The first-order valence-corrected chi connectivity index (χ1v) is 10.6. The fraction of sp³-hybridized carbons (Fsp3) is 0.480. The largest absolute Gasteiger partial charge is 0.392 e. The van der Waals surface area contributed by atoms with Crippen LogP contribution in [0.4, 0.5) is 23.2 Å². The molecule has 1 N–H and O–H groups in total. The van der Waals surface area contributed by atoms with Crippen molar-refractivity contribution in [2.24, 2.45) is 11.8 Å². The van der Waals surface area contributed by atoms with Crippen molar-refractivity contribution in [2.45, 2.75) is 64.5 Å².